The Balaban J connectivity index is 1.21. The third kappa shape index (κ3) is 4.12. The lowest BCUT2D eigenvalue weighted by atomic mass is 10.1. The summed E-state index contributed by atoms with van der Waals surface area (Å²) in [5.41, 5.74) is 2.47. The van der Waals surface area contributed by atoms with Gasteiger partial charge >= 0.3 is 0 Å². The number of H-pyrrole nitrogens is 1. The molecule has 146 valence electrons. The van der Waals surface area contributed by atoms with Crippen LogP contribution in [0, 0.1) is 6.92 Å². The quantitative estimate of drug-likeness (QED) is 0.633. The Kier molecular flexibility index (Phi) is 5.48. The highest BCUT2D eigenvalue weighted by Crippen LogP contribution is 2.17. The standard InChI is InChI=1S/C20H25N7O/c1-15-4-5-17-16(14-15)18(25-24-17)19(28)21-8-3-9-26-10-12-27(13-11-26)20-22-6-2-7-23-20/h2,4-7,14H,3,8-13H2,1H3,(H,21,28)(H,24,25). The molecule has 0 saturated carbocycles. The number of aryl methyl sites for hydroxylation is 1. The fourth-order valence-corrected chi connectivity index (χ4v) is 3.52. The number of nitrogens with one attached hydrogen (secondary N) is 2. The number of aromatic amines is 1. The normalized spacial score (nSPS) is 15.1. The summed E-state index contributed by atoms with van der Waals surface area (Å²) >= 11 is 0. The van der Waals surface area contributed by atoms with Crippen molar-refractivity contribution >= 4 is 22.8 Å². The zero-order valence-electron chi connectivity index (χ0n) is 16.1. The topological polar surface area (TPSA) is 90.0 Å². The van der Waals surface area contributed by atoms with E-state index >= 15 is 0 Å². The summed E-state index contributed by atoms with van der Waals surface area (Å²) in [6.07, 6.45) is 4.47. The molecule has 8 nitrogen and oxygen atoms in total. The van der Waals surface area contributed by atoms with Crippen LogP contribution in [0.25, 0.3) is 10.9 Å². The van der Waals surface area contributed by atoms with Crippen molar-refractivity contribution in [3.63, 3.8) is 0 Å². The second-order valence-corrected chi connectivity index (χ2v) is 7.11. The number of nitrogens with zero attached hydrogens (tertiary/aromatic N) is 5. The fraction of sp³-hybridized carbons (Fsp3) is 0.400. The average molecular weight is 379 g/mol. The molecule has 0 unspecified atom stereocenters. The van der Waals surface area contributed by atoms with Crippen molar-refractivity contribution in [1.82, 2.24) is 30.4 Å². The van der Waals surface area contributed by atoms with E-state index < -0.39 is 0 Å². The van der Waals surface area contributed by atoms with Crippen LogP contribution in [0.5, 0.6) is 0 Å². The number of rotatable bonds is 6. The van der Waals surface area contributed by atoms with Crippen molar-refractivity contribution in [3.8, 4) is 0 Å². The molecule has 1 aliphatic heterocycles. The number of piperazine rings is 1. The van der Waals surface area contributed by atoms with Gasteiger partial charge in [-0.05, 0) is 38.1 Å². The van der Waals surface area contributed by atoms with E-state index in [0.717, 1.165) is 61.6 Å². The Bertz CT molecular complexity index is 932. The minimum absolute atomic E-state index is 0.122. The number of aromatic nitrogens is 4. The van der Waals surface area contributed by atoms with Gasteiger partial charge in [-0.2, -0.15) is 5.10 Å². The van der Waals surface area contributed by atoms with Crippen molar-refractivity contribution in [2.45, 2.75) is 13.3 Å². The highest BCUT2D eigenvalue weighted by atomic mass is 16.1. The van der Waals surface area contributed by atoms with Gasteiger partial charge in [0, 0.05) is 50.5 Å². The summed E-state index contributed by atoms with van der Waals surface area (Å²) in [4.78, 5) is 25.7. The molecule has 0 atom stereocenters. The third-order valence-corrected chi connectivity index (χ3v) is 5.08. The maximum Gasteiger partial charge on any atom is 0.272 e. The molecule has 2 N–H and O–H groups in total. The molecule has 2 aromatic heterocycles. The van der Waals surface area contributed by atoms with Gasteiger partial charge in [-0.3, -0.25) is 14.8 Å². The van der Waals surface area contributed by atoms with Gasteiger partial charge in [0.15, 0.2) is 5.69 Å². The van der Waals surface area contributed by atoms with Crippen LogP contribution in [0.15, 0.2) is 36.7 Å². The smallest absolute Gasteiger partial charge is 0.272 e. The van der Waals surface area contributed by atoms with Crippen molar-refractivity contribution in [2.24, 2.45) is 0 Å². The van der Waals surface area contributed by atoms with Crippen LogP contribution in [0.3, 0.4) is 0 Å². The number of anilines is 1. The zero-order chi connectivity index (χ0) is 19.3. The van der Waals surface area contributed by atoms with E-state index in [2.05, 4.69) is 35.3 Å². The monoisotopic (exact) mass is 379 g/mol. The van der Waals surface area contributed by atoms with Gasteiger partial charge in [-0.25, -0.2) is 9.97 Å². The number of benzene rings is 1. The third-order valence-electron chi connectivity index (χ3n) is 5.08. The Morgan fingerprint density at radius 2 is 1.96 bits per heavy atom. The van der Waals surface area contributed by atoms with Crippen LogP contribution in [0.1, 0.15) is 22.5 Å². The lowest BCUT2D eigenvalue weighted by molar-refractivity contribution is 0.0948. The highest BCUT2D eigenvalue weighted by Gasteiger charge is 2.18. The van der Waals surface area contributed by atoms with Gasteiger partial charge in [0.2, 0.25) is 5.95 Å². The van der Waals surface area contributed by atoms with Crippen molar-refractivity contribution in [3.05, 3.63) is 47.9 Å². The Morgan fingerprint density at radius 1 is 1.18 bits per heavy atom. The lowest BCUT2D eigenvalue weighted by Gasteiger charge is -2.34. The molecule has 0 radical (unpaired) electrons. The van der Waals surface area contributed by atoms with Gasteiger partial charge in [-0.1, -0.05) is 11.6 Å². The first-order chi connectivity index (χ1) is 13.7. The van der Waals surface area contributed by atoms with E-state index in [9.17, 15) is 4.79 Å². The maximum absolute atomic E-state index is 12.5. The average Bonchev–Trinajstić information content (AvgIpc) is 3.15. The number of hydrogen-bond donors (Lipinski definition) is 2. The summed E-state index contributed by atoms with van der Waals surface area (Å²) in [6, 6.07) is 7.78. The molecule has 1 aromatic carbocycles. The molecule has 4 rings (SSSR count). The number of fused-ring (bicyclic) bond motifs is 1. The van der Waals surface area contributed by atoms with E-state index in [1.807, 2.05) is 31.2 Å². The molecule has 0 aliphatic carbocycles. The van der Waals surface area contributed by atoms with E-state index in [0.29, 0.717) is 12.2 Å². The highest BCUT2D eigenvalue weighted by molar-refractivity contribution is 6.04. The molecular weight excluding hydrogens is 354 g/mol. The van der Waals surface area contributed by atoms with Crippen LogP contribution < -0.4 is 10.2 Å². The molecule has 1 aliphatic rings. The van der Waals surface area contributed by atoms with Gasteiger partial charge < -0.3 is 10.2 Å². The predicted molar refractivity (Wildman–Crippen MR) is 108 cm³/mol. The van der Waals surface area contributed by atoms with Crippen molar-refractivity contribution in [2.75, 3.05) is 44.2 Å². The number of carbonyl (C=O) groups is 1. The van der Waals surface area contributed by atoms with Gasteiger partial charge in [-0.15, -0.1) is 0 Å². The van der Waals surface area contributed by atoms with Crippen molar-refractivity contribution < 1.29 is 4.79 Å². The number of amides is 1. The first-order valence-corrected chi connectivity index (χ1v) is 9.68. The van der Waals surface area contributed by atoms with Crippen molar-refractivity contribution in [1.29, 1.82) is 0 Å². The van der Waals surface area contributed by atoms with Crippen LogP contribution in [0.2, 0.25) is 0 Å². The van der Waals surface area contributed by atoms with Gasteiger partial charge in [0.05, 0.1) is 5.52 Å². The van der Waals surface area contributed by atoms with Gasteiger partial charge in [0.25, 0.3) is 5.91 Å². The molecule has 0 spiro atoms. The first-order valence-electron chi connectivity index (χ1n) is 9.68. The minimum atomic E-state index is -0.122. The summed E-state index contributed by atoms with van der Waals surface area (Å²) in [5.74, 6) is 0.679. The van der Waals surface area contributed by atoms with Crippen LogP contribution >= 0.6 is 0 Å². The minimum Gasteiger partial charge on any atom is -0.351 e. The number of hydrogen-bond acceptors (Lipinski definition) is 6. The lowest BCUT2D eigenvalue weighted by Crippen LogP contribution is -2.47. The SMILES string of the molecule is Cc1ccc2[nH]nc(C(=O)NCCCN3CCN(c4ncccn4)CC3)c2c1. The molecule has 1 fully saturated rings. The Labute approximate surface area is 164 Å². The Morgan fingerprint density at radius 3 is 2.75 bits per heavy atom. The van der Waals surface area contributed by atoms with Crippen LogP contribution in [-0.2, 0) is 0 Å². The molecule has 8 heteroatoms. The molecule has 1 saturated heterocycles. The molecule has 1 amide bonds. The largest absolute Gasteiger partial charge is 0.351 e. The summed E-state index contributed by atoms with van der Waals surface area (Å²) < 4.78 is 0. The maximum atomic E-state index is 12.5. The van der Waals surface area contributed by atoms with E-state index in [1.165, 1.54) is 0 Å². The molecular formula is C20H25N7O. The van der Waals surface area contributed by atoms with E-state index in [-0.39, 0.29) is 5.91 Å². The molecule has 3 aromatic rings. The summed E-state index contributed by atoms with van der Waals surface area (Å²) in [5, 5.41) is 11.0. The summed E-state index contributed by atoms with van der Waals surface area (Å²) in [7, 11) is 0. The van der Waals surface area contributed by atoms with E-state index in [4.69, 9.17) is 0 Å². The molecule has 28 heavy (non-hydrogen) atoms. The van der Waals surface area contributed by atoms with E-state index in [1.54, 1.807) is 12.4 Å². The fourth-order valence-electron chi connectivity index (χ4n) is 3.52. The van der Waals surface area contributed by atoms with Crippen LogP contribution in [0.4, 0.5) is 5.95 Å². The second kappa shape index (κ2) is 8.35. The Hall–Kier alpha value is -3.00. The van der Waals surface area contributed by atoms with Crippen LogP contribution in [-0.4, -0.2) is 70.2 Å². The molecule has 3 heterocycles. The number of carbonyl (C=O) groups excluding carboxylic acids is 1. The zero-order valence-corrected chi connectivity index (χ0v) is 16.1. The first kappa shape index (κ1) is 18.4. The summed E-state index contributed by atoms with van der Waals surface area (Å²) in [6.45, 7) is 7.43. The van der Waals surface area contributed by atoms with Gasteiger partial charge in [0.1, 0.15) is 0 Å². The molecule has 0 bridgehead atoms. The predicted octanol–water partition coefficient (Wildman–Crippen LogP) is 1.60. The second-order valence-electron chi connectivity index (χ2n) is 7.11.